The molecule has 1 heterocycles. The van der Waals surface area contributed by atoms with Crippen molar-refractivity contribution in [2.45, 2.75) is 46.6 Å². The Morgan fingerprint density at radius 1 is 1.35 bits per heavy atom. The number of halogens is 1. The number of hydrogen-bond donors (Lipinski definition) is 2. The number of nitrogens with one attached hydrogen (secondary N) is 2. The van der Waals surface area contributed by atoms with Gasteiger partial charge in [-0.2, -0.15) is 0 Å². The van der Waals surface area contributed by atoms with Crippen molar-refractivity contribution in [3.63, 3.8) is 0 Å². The molecule has 0 unspecified atom stereocenters. The summed E-state index contributed by atoms with van der Waals surface area (Å²) in [5.74, 6) is -0.0649. The second kappa shape index (κ2) is 4.84. The third-order valence-corrected chi connectivity index (χ3v) is 2.77. The van der Waals surface area contributed by atoms with Crippen molar-refractivity contribution < 1.29 is 4.79 Å². The Bertz CT molecular complexity index is 402. The minimum atomic E-state index is -0.215. The van der Waals surface area contributed by atoms with Crippen LogP contribution in [0.2, 0.25) is 0 Å². The molecule has 1 amide bonds. The Labute approximate surface area is 112 Å². The van der Waals surface area contributed by atoms with Crippen LogP contribution in [0.5, 0.6) is 0 Å². The van der Waals surface area contributed by atoms with Crippen LogP contribution in [0.3, 0.4) is 0 Å². The molecule has 0 aliphatic carbocycles. The number of aromatic amines is 1. The van der Waals surface area contributed by atoms with Gasteiger partial charge in [0.05, 0.1) is 0 Å². The van der Waals surface area contributed by atoms with E-state index in [0.29, 0.717) is 5.69 Å². The molecule has 96 valence electrons. The number of rotatable bonds is 3. The number of carbonyl (C=O) groups is 1. The zero-order chi connectivity index (χ0) is 13.3. The van der Waals surface area contributed by atoms with E-state index in [1.54, 1.807) is 12.3 Å². The van der Waals surface area contributed by atoms with E-state index in [4.69, 9.17) is 0 Å². The van der Waals surface area contributed by atoms with Gasteiger partial charge in [0.15, 0.2) is 0 Å². The van der Waals surface area contributed by atoms with Crippen molar-refractivity contribution in [3.8, 4) is 0 Å². The molecule has 2 N–H and O–H groups in total. The topological polar surface area (TPSA) is 44.9 Å². The van der Waals surface area contributed by atoms with Crippen LogP contribution in [0.4, 0.5) is 0 Å². The van der Waals surface area contributed by atoms with Crippen LogP contribution < -0.4 is 5.32 Å². The van der Waals surface area contributed by atoms with E-state index < -0.39 is 0 Å². The predicted octanol–water partition coefficient (Wildman–Crippen LogP) is 3.72. The zero-order valence-corrected chi connectivity index (χ0v) is 12.7. The molecular weight excluding hydrogens is 280 g/mol. The van der Waals surface area contributed by atoms with Crippen LogP contribution in [0, 0.1) is 5.41 Å². The fraction of sp³-hybridized carbons (Fsp3) is 0.615. The Morgan fingerprint density at radius 2 is 1.94 bits per heavy atom. The molecule has 1 rings (SSSR count). The van der Waals surface area contributed by atoms with Gasteiger partial charge in [0.25, 0.3) is 5.91 Å². The fourth-order valence-corrected chi connectivity index (χ4v) is 2.59. The molecule has 0 atom stereocenters. The summed E-state index contributed by atoms with van der Waals surface area (Å²) < 4.78 is 0.885. The van der Waals surface area contributed by atoms with Gasteiger partial charge >= 0.3 is 0 Å². The molecule has 3 nitrogen and oxygen atoms in total. The van der Waals surface area contributed by atoms with Gasteiger partial charge in [-0.1, -0.05) is 20.8 Å². The first-order chi connectivity index (χ1) is 7.59. The molecule has 1 aromatic heterocycles. The van der Waals surface area contributed by atoms with E-state index in [1.165, 1.54) is 0 Å². The highest BCUT2D eigenvalue weighted by Crippen LogP contribution is 2.27. The minimum absolute atomic E-state index is 0.0649. The maximum Gasteiger partial charge on any atom is 0.268 e. The fourth-order valence-electron chi connectivity index (χ4n) is 2.24. The van der Waals surface area contributed by atoms with Crippen molar-refractivity contribution in [3.05, 3.63) is 22.4 Å². The summed E-state index contributed by atoms with van der Waals surface area (Å²) in [5.41, 5.74) is 0.555. The number of H-pyrrole nitrogens is 1. The first-order valence-corrected chi connectivity index (χ1v) is 6.55. The molecule has 0 bridgehead atoms. The normalized spacial score (nSPS) is 12.6. The molecule has 0 aliphatic heterocycles. The van der Waals surface area contributed by atoms with Gasteiger partial charge in [0.1, 0.15) is 5.69 Å². The number of amides is 1. The van der Waals surface area contributed by atoms with Gasteiger partial charge in [-0.05, 0) is 47.7 Å². The molecule has 0 aliphatic rings. The predicted molar refractivity (Wildman–Crippen MR) is 74.1 cm³/mol. The van der Waals surface area contributed by atoms with Crippen LogP contribution in [0.25, 0.3) is 0 Å². The SMILES string of the molecule is CC(C)(C)CC(C)(C)NC(=O)c1cc(Br)c[nH]1. The molecular formula is C13H21BrN2O. The standard InChI is InChI=1S/C13H21BrN2O/c1-12(2,3)8-13(4,5)16-11(17)10-6-9(14)7-15-10/h6-7,15H,8H2,1-5H3,(H,16,17). The van der Waals surface area contributed by atoms with Crippen LogP contribution in [0.1, 0.15) is 51.5 Å². The van der Waals surface area contributed by atoms with Gasteiger partial charge in [-0.25, -0.2) is 0 Å². The van der Waals surface area contributed by atoms with Crippen LogP contribution in [-0.2, 0) is 0 Å². The van der Waals surface area contributed by atoms with E-state index in [9.17, 15) is 4.79 Å². The lowest BCUT2D eigenvalue weighted by Crippen LogP contribution is -2.45. The maximum absolute atomic E-state index is 12.0. The molecule has 4 heteroatoms. The molecule has 1 aromatic rings. The Morgan fingerprint density at radius 3 is 2.35 bits per heavy atom. The van der Waals surface area contributed by atoms with Crippen molar-refractivity contribution in [1.29, 1.82) is 0 Å². The Balaban J connectivity index is 2.68. The van der Waals surface area contributed by atoms with Gasteiger partial charge in [0, 0.05) is 16.2 Å². The van der Waals surface area contributed by atoms with Crippen molar-refractivity contribution in [2.24, 2.45) is 5.41 Å². The molecule has 0 fully saturated rings. The molecule has 0 radical (unpaired) electrons. The average Bonchev–Trinajstić information content (AvgIpc) is 2.45. The molecule has 0 saturated heterocycles. The molecule has 17 heavy (non-hydrogen) atoms. The average molecular weight is 301 g/mol. The summed E-state index contributed by atoms with van der Waals surface area (Å²) in [6.07, 6.45) is 2.68. The van der Waals surface area contributed by atoms with Gasteiger partial charge in [0.2, 0.25) is 0 Å². The Kier molecular flexibility index (Phi) is 4.07. The lowest BCUT2D eigenvalue weighted by Gasteiger charge is -2.33. The van der Waals surface area contributed by atoms with E-state index in [1.807, 2.05) is 13.8 Å². The van der Waals surface area contributed by atoms with Gasteiger partial charge < -0.3 is 10.3 Å². The maximum atomic E-state index is 12.0. The highest BCUT2D eigenvalue weighted by atomic mass is 79.9. The van der Waals surface area contributed by atoms with Crippen LogP contribution in [0.15, 0.2) is 16.7 Å². The number of hydrogen-bond acceptors (Lipinski definition) is 1. The van der Waals surface area contributed by atoms with Crippen LogP contribution in [-0.4, -0.2) is 16.4 Å². The second-order valence-electron chi connectivity index (χ2n) is 6.31. The monoisotopic (exact) mass is 300 g/mol. The summed E-state index contributed by atoms with van der Waals surface area (Å²) >= 11 is 3.32. The summed E-state index contributed by atoms with van der Waals surface area (Å²) in [6, 6.07) is 1.78. The number of carbonyl (C=O) groups excluding carboxylic acids is 1. The quantitative estimate of drug-likeness (QED) is 0.878. The van der Waals surface area contributed by atoms with Gasteiger partial charge in [-0.3, -0.25) is 4.79 Å². The van der Waals surface area contributed by atoms with Gasteiger partial charge in [-0.15, -0.1) is 0 Å². The smallest absolute Gasteiger partial charge is 0.268 e. The molecule has 0 saturated carbocycles. The molecule has 0 aromatic carbocycles. The van der Waals surface area contributed by atoms with Crippen molar-refractivity contribution in [1.82, 2.24) is 10.3 Å². The third kappa shape index (κ3) is 4.94. The highest BCUT2D eigenvalue weighted by Gasteiger charge is 2.27. The molecule has 0 spiro atoms. The minimum Gasteiger partial charge on any atom is -0.356 e. The third-order valence-electron chi connectivity index (χ3n) is 2.32. The summed E-state index contributed by atoms with van der Waals surface area (Å²) in [7, 11) is 0. The summed E-state index contributed by atoms with van der Waals surface area (Å²) in [4.78, 5) is 14.9. The first kappa shape index (κ1) is 14.3. The summed E-state index contributed by atoms with van der Waals surface area (Å²) in [6.45, 7) is 10.6. The number of aromatic nitrogens is 1. The summed E-state index contributed by atoms with van der Waals surface area (Å²) in [5, 5.41) is 3.05. The van der Waals surface area contributed by atoms with Crippen molar-refractivity contribution >= 4 is 21.8 Å². The largest absolute Gasteiger partial charge is 0.356 e. The lowest BCUT2D eigenvalue weighted by molar-refractivity contribution is 0.0887. The van der Waals surface area contributed by atoms with Crippen molar-refractivity contribution in [2.75, 3.05) is 0 Å². The highest BCUT2D eigenvalue weighted by molar-refractivity contribution is 9.10. The zero-order valence-electron chi connectivity index (χ0n) is 11.1. The second-order valence-corrected chi connectivity index (χ2v) is 7.22. The Hall–Kier alpha value is -0.770. The first-order valence-electron chi connectivity index (χ1n) is 5.75. The van der Waals surface area contributed by atoms with E-state index >= 15 is 0 Å². The van der Waals surface area contributed by atoms with Crippen LogP contribution >= 0.6 is 15.9 Å². The lowest BCUT2D eigenvalue weighted by atomic mass is 9.82. The van der Waals surface area contributed by atoms with E-state index in [2.05, 4.69) is 47.0 Å². The van der Waals surface area contributed by atoms with E-state index in [0.717, 1.165) is 10.9 Å². The van der Waals surface area contributed by atoms with E-state index in [-0.39, 0.29) is 16.9 Å².